The summed E-state index contributed by atoms with van der Waals surface area (Å²) >= 11 is 0. The Morgan fingerprint density at radius 1 is 1.31 bits per heavy atom. The molecule has 1 aromatic rings. The van der Waals surface area contributed by atoms with Gasteiger partial charge in [0.2, 0.25) is 0 Å². The van der Waals surface area contributed by atoms with E-state index in [-0.39, 0.29) is 5.60 Å². The molecular weight excluding hydrogens is 320 g/mol. The van der Waals surface area contributed by atoms with Gasteiger partial charge in [-0.1, -0.05) is 44.1 Å². The van der Waals surface area contributed by atoms with Crippen molar-refractivity contribution in [3.8, 4) is 11.5 Å². The number of rotatable bonds is 7. The molecule has 0 radical (unpaired) electrons. The van der Waals surface area contributed by atoms with Gasteiger partial charge in [0.25, 0.3) is 0 Å². The summed E-state index contributed by atoms with van der Waals surface area (Å²) in [6.45, 7) is 13.3. The Morgan fingerprint density at radius 2 is 2.12 bits per heavy atom. The minimum atomic E-state index is -0.146. The van der Waals surface area contributed by atoms with E-state index in [4.69, 9.17) is 9.47 Å². The standard InChI is InChI=1S/C24H34O2/c1-6-8-9-10-18-15-21(25-13-7-2)23-19-14-17(3)11-12-20(19)24(4,5)26-22(23)16-18/h7,14-16,19-20H,2,6,8-13H2,1,3-5H3/t19-,20-/m1/s1. The van der Waals surface area contributed by atoms with E-state index < -0.39 is 0 Å². The van der Waals surface area contributed by atoms with Crippen molar-refractivity contribution in [2.24, 2.45) is 5.92 Å². The molecule has 1 heterocycles. The van der Waals surface area contributed by atoms with Gasteiger partial charge in [-0.15, -0.1) is 0 Å². The second-order valence-electron chi connectivity index (χ2n) is 8.45. The van der Waals surface area contributed by atoms with Gasteiger partial charge in [-0.3, -0.25) is 0 Å². The largest absolute Gasteiger partial charge is 0.489 e. The van der Waals surface area contributed by atoms with Crippen LogP contribution in [0.5, 0.6) is 11.5 Å². The molecule has 0 spiro atoms. The van der Waals surface area contributed by atoms with E-state index in [0.717, 1.165) is 17.9 Å². The topological polar surface area (TPSA) is 18.5 Å². The molecule has 0 saturated carbocycles. The van der Waals surface area contributed by atoms with Gasteiger partial charge >= 0.3 is 0 Å². The maximum absolute atomic E-state index is 6.56. The highest BCUT2D eigenvalue weighted by molar-refractivity contribution is 5.54. The quantitative estimate of drug-likeness (QED) is 0.406. The zero-order chi connectivity index (χ0) is 18.7. The lowest BCUT2D eigenvalue weighted by molar-refractivity contribution is 0.0106. The number of fused-ring (bicyclic) bond motifs is 3. The number of hydrogen-bond acceptors (Lipinski definition) is 2. The highest BCUT2D eigenvalue weighted by atomic mass is 16.5. The summed E-state index contributed by atoms with van der Waals surface area (Å²) in [4.78, 5) is 0. The van der Waals surface area contributed by atoms with E-state index in [1.165, 1.54) is 48.8 Å². The smallest absolute Gasteiger partial charge is 0.127 e. The number of ether oxygens (including phenoxy) is 2. The first kappa shape index (κ1) is 19.1. The van der Waals surface area contributed by atoms with Crippen molar-refractivity contribution < 1.29 is 9.47 Å². The lowest BCUT2D eigenvalue weighted by atomic mass is 9.68. The molecule has 0 fully saturated rings. The van der Waals surface area contributed by atoms with Gasteiger partial charge in [-0.25, -0.2) is 0 Å². The van der Waals surface area contributed by atoms with Crippen molar-refractivity contribution in [3.05, 3.63) is 47.6 Å². The third-order valence-corrected chi connectivity index (χ3v) is 5.94. The minimum Gasteiger partial charge on any atom is -0.489 e. The number of aryl methyl sites for hydroxylation is 1. The Kier molecular flexibility index (Phi) is 5.79. The van der Waals surface area contributed by atoms with Crippen LogP contribution >= 0.6 is 0 Å². The molecule has 0 bridgehead atoms. The molecule has 0 N–H and O–H groups in total. The van der Waals surface area contributed by atoms with Crippen LogP contribution in [0.2, 0.25) is 0 Å². The summed E-state index contributed by atoms with van der Waals surface area (Å²) in [6.07, 6.45) is 11.4. The van der Waals surface area contributed by atoms with Gasteiger partial charge in [0.15, 0.2) is 0 Å². The highest BCUT2D eigenvalue weighted by Crippen LogP contribution is 2.53. The first-order chi connectivity index (χ1) is 12.5. The number of unbranched alkanes of at least 4 members (excludes halogenated alkanes) is 2. The fraction of sp³-hybridized carbons (Fsp3) is 0.583. The molecule has 1 aliphatic carbocycles. The number of allylic oxidation sites excluding steroid dienone is 2. The van der Waals surface area contributed by atoms with E-state index in [9.17, 15) is 0 Å². The Bertz CT molecular complexity index is 684. The second-order valence-corrected chi connectivity index (χ2v) is 8.45. The van der Waals surface area contributed by atoms with E-state index >= 15 is 0 Å². The van der Waals surface area contributed by atoms with E-state index in [1.54, 1.807) is 0 Å². The first-order valence-corrected chi connectivity index (χ1v) is 10.2. The van der Waals surface area contributed by atoms with Gasteiger partial charge in [0.1, 0.15) is 23.7 Å². The van der Waals surface area contributed by atoms with E-state index in [2.05, 4.69) is 52.5 Å². The van der Waals surface area contributed by atoms with Crippen LogP contribution in [0.1, 0.15) is 76.8 Å². The van der Waals surface area contributed by atoms with Crippen LogP contribution in [0.25, 0.3) is 0 Å². The highest BCUT2D eigenvalue weighted by Gasteiger charge is 2.45. The fourth-order valence-electron chi connectivity index (χ4n) is 4.55. The molecule has 2 atom stereocenters. The maximum Gasteiger partial charge on any atom is 0.127 e. The molecule has 0 saturated heterocycles. The Morgan fingerprint density at radius 3 is 2.85 bits per heavy atom. The molecule has 2 nitrogen and oxygen atoms in total. The Hall–Kier alpha value is -1.70. The molecule has 3 rings (SSSR count). The molecule has 1 aliphatic heterocycles. The predicted octanol–water partition coefficient (Wildman–Crippen LogP) is 6.60. The summed E-state index contributed by atoms with van der Waals surface area (Å²) in [5.41, 5.74) is 3.90. The molecule has 2 aliphatic rings. The second kappa shape index (κ2) is 7.90. The summed E-state index contributed by atoms with van der Waals surface area (Å²) in [7, 11) is 0. The molecule has 0 amide bonds. The van der Waals surface area contributed by atoms with Crippen LogP contribution in [0.4, 0.5) is 0 Å². The molecular formula is C24H34O2. The summed E-state index contributed by atoms with van der Waals surface area (Å²) in [5, 5.41) is 0. The summed E-state index contributed by atoms with van der Waals surface area (Å²) < 4.78 is 12.7. The zero-order valence-corrected chi connectivity index (χ0v) is 16.9. The van der Waals surface area contributed by atoms with Crippen LogP contribution in [0, 0.1) is 5.92 Å². The molecule has 1 aromatic carbocycles. The van der Waals surface area contributed by atoms with Gasteiger partial charge in [0.05, 0.1) is 0 Å². The monoisotopic (exact) mass is 354 g/mol. The Balaban J connectivity index is 2.04. The number of hydrogen-bond donors (Lipinski definition) is 0. The molecule has 142 valence electrons. The van der Waals surface area contributed by atoms with Crippen LogP contribution in [0.15, 0.2) is 36.4 Å². The van der Waals surface area contributed by atoms with Crippen molar-refractivity contribution in [1.29, 1.82) is 0 Å². The molecule has 26 heavy (non-hydrogen) atoms. The van der Waals surface area contributed by atoms with Crippen molar-refractivity contribution in [2.45, 2.75) is 77.7 Å². The average molecular weight is 355 g/mol. The molecule has 0 unspecified atom stereocenters. The van der Waals surface area contributed by atoms with Crippen LogP contribution in [-0.2, 0) is 6.42 Å². The fourth-order valence-corrected chi connectivity index (χ4v) is 4.55. The van der Waals surface area contributed by atoms with Crippen LogP contribution in [0.3, 0.4) is 0 Å². The zero-order valence-electron chi connectivity index (χ0n) is 16.9. The van der Waals surface area contributed by atoms with Gasteiger partial charge in [-0.2, -0.15) is 0 Å². The third kappa shape index (κ3) is 3.84. The Labute approximate surface area is 159 Å². The predicted molar refractivity (Wildman–Crippen MR) is 109 cm³/mol. The summed E-state index contributed by atoms with van der Waals surface area (Å²) in [6, 6.07) is 4.51. The third-order valence-electron chi connectivity index (χ3n) is 5.94. The van der Waals surface area contributed by atoms with Gasteiger partial charge in [0, 0.05) is 17.4 Å². The molecule has 2 heteroatoms. The van der Waals surface area contributed by atoms with Crippen LogP contribution in [-0.4, -0.2) is 12.2 Å². The average Bonchev–Trinajstić information content (AvgIpc) is 2.58. The number of benzene rings is 1. The first-order valence-electron chi connectivity index (χ1n) is 10.2. The lowest BCUT2D eigenvalue weighted by Gasteiger charge is -2.46. The maximum atomic E-state index is 6.56. The summed E-state index contributed by atoms with van der Waals surface area (Å²) in [5.74, 6) is 2.89. The normalized spacial score (nSPS) is 23.3. The van der Waals surface area contributed by atoms with Gasteiger partial charge in [-0.05, 0) is 64.2 Å². The van der Waals surface area contributed by atoms with Crippen molar-refractivity contribution in [1.82, 2.24) is 0 Å². The lowest BCUT2D eigenvalue weighted by Crippen LogP contribution is -2.45. The van der Waals surface area contributed by atoms with Crippen LogP contribution < -0.4 is 9.47 Å². The minimum absolute atomic E-state index is 0.146. The van der Waals surface area contributed by atoms with Crippen molar-refractivity contribution in [2.75, 3.05) is 6.61 Å². The van der Waals surface area contributed by atoms with Crippen molar-refractivity contribution in [3.63, 3.8) is 0 Å². The SMILES string of the molecule is C=CCOc1cc(CCCCC)cc2c1[C@@H]1C=C(C)CC[C@H]1C(C)(C)O2. The van der Waals surface area contributed by atoms with E-state index in [0.29, 0.717) is 18.4 Å². The van der Waals surface area contributed by atoms with Gasteiger partial charge < -0.3 is 9.47 Å². The molecule has 0 aromatic heterocycles. The van der Waals surface area contributed by atoms with Crippen molar-refractivity contribution >= 4 is 0 Å². The van der Waals surface area contributed by atoms with E-state index in [1.807, 2.05) is 6.08 Å².